The molecule has 3 aromatic carbocycles. The fraction of sp³-hybridized carbons (Fsp3) is 0.294. The molecule has 1 aromatic heterocycles. The highest BCUT2D eigenvalue weighted by Gasteiger charge is 2.32. The first kappa shape index (κ1) is 30.1. The molecule has 0 bridgehead atoms. The van der Waals surface area contributed by atoms with Crippen molar-refractivity contribution >= 4 is 32.9 Å². The predicted molar refractivity (Wildman–Crippen MR) is 167 cm³/mol. The fourth-order valence-corrected chi connectivity index (χ4v) is 5.62. The highest BCUT2D eigenvalue weighted by atomic mass is 79.9. The second-order valence-corrected chi connectivity index (χ2v) is 11.3. The van der Waals surface area contributed by atoms with Crippen LogP contribution in [-0.4, -0.2) is 19.7 Å². The van der Waals surface area contributed by atoms with Crippen LogP contribution in [0.5, 0.6) is 23.0 Å². The minimum absolute atomic E-state index is 0.0199. The number of halogens is 1. The Balaban J connectivity index is 1.39. The number of rotatable bonds is 11. The van der Waals surface area contributed by atoms with Gasteiger partial charge in [0.05, 0.1) is 19.6 Å². The summed E-state index contributed by atoms with van der Waals surface area (Å²) in [6.07, 6.45) is 5.71. The highest BCUT2D eigenvalue weighted by molar-refractivity contribution is 9.10. The average molecular weight is 646 g/mol. The minimum atomic E-state index is -0.635. The molecular weight excluding hydrogens is 612 g/mol. The van der Waals surface area contributed by atoms with Gasteiger partial charge in [-0.05, 0) is 55.3 Å². The van der Waals surface area contributed by atoms with Crippen LogP contribution < -0.4 is 24.7 Å². The van der Waals surface area contributed by atoms with Crippen molar-refractivity contribution in [2.45, 2.75) is 51.9 Å². The zero-order valence-electron chi connectivity index (χ0n) is 24.4. The molecule has 0 aliphatic carbocycles. The first-order valence-electron chi connectivity index (χ1n) is 14.3. The monoisotopic (exact) mass is 644 g/mol. The van der Waals surface area contributed by atoms with Crippen LogP contribution in [0.1, 0.15) is 72.2 Å². The Morgan fingerprint density at radius 2 is 1.86 bits per heavy atom. The molecule has 1 aliphatic heterocycles. The van der Waals surface area contributed by atoms with Crippen molar-refractivity contribution in [2.75, 3.05) is 13.7 Å². The summed E-state index contributed by atoms with van der Waals surface area (Å²) in [6, 6.07) is 18.3. The molecule has 0 radical (unpaired) electrons. The third-order valence-electron chi connectivity index (χ3n) is 7.51. The molecule has 0 spiro atoms. The maximum absolute atomic E-state index is 13.1. The van der Waals surface area contributed by atoms with E-state index in [9.17, 15) is 10.1 Å². The van der Waals surface area contributed by atoms with Gasteiger partial charge in [-0.25, -0.2) is 4.79 Å². The summed E-state index contributed by atoms with van der Waals surface area (Å²) in [7, 11) is 1.59. The minimum Gasteiger partial charge on any atom is -0.493 e. The normalized spacial score (nSPS) is 14.2. The number of nitriles is 1. The zero-order valence-corrected chi connectivity index (χ0v) is 26.0. The number of furan rings is 1. The molecule has 1 unspecified atom stereocenters. The van der Waals surface area contributed by atoms with E-state index < -0.39 is 11.9 Å². The van der Waals surface area contributed by atoms with Gasteiger partial charge in [-0.1, -0.05) is 60.7 Å². The predicted octanol–water partition coefficient (Wildman–Crippen LogP) is 8.30. The van der Waals surface area contributed by atoms with Gasteiger partial charge in [-0.2, -0.15) is 5.26 Å². The van der Waals surface area contributed by atoms with Crippen molar-refractivity contribution < 1.29 is 28.2 Å². The second kappa shape index (κ2) is 13.3. The maximum Gasteiger partial charge on any atom is 0.379 e. The lowest BCUT2D eigenvalue weighted by Crippen LogP contribution is -2.21. The summed E-state index contributed by atoms with van der Waals surface area (Å²) in [5.74, 6) is 0.768. The van der Waals surface area contributed by atoms with Crippen LogP contribution in [-0.2, 0) is 0 Å². The second-order valence-electron chi connectivity index (χ2n) is 10.4. The Hall–Kier alpha value is -4.42. The summed E-state index contributed by atoms with van der Waals surface area (Å²) in [4.78, 5) is 13.1. The van der Waals surface area contributed by atoms with Gasteiger partial charge in [-0.3, -0.25) is 0 Å². The number of ether oxygens (including phenoxy) is 4. The van der Waals surface area contributed by atoms with Crippen LogP contribution >= 0.6 is 15.9 Å². The molecule has 0 saturated carbocycles. The van der Waals surface area contributed by atoms with E-state index in [0.29, 0.717) is 40.6 Å². The number of aryl methyl sites for hydroxylation is 1. The summed E-state index contributed by atoms with van der Waals surface area (Å²) >= 11 is 3.45. The molecule has 5 rings (SSSR count). The summed E-state index contributed by atoms with van der Waals surface area (Å²) in [6.45, 7) is 4.60. The summed E-state index contributed by atoms with van der Waals surface area (Å²) < 4.78 is 29.8. The number of hydrogen-bond acceptors (Lipinski definition) is 8. The number of hydrogen-bond donors (Lipinski definition) is 1. The van der Waals surface area contributed by atoms with Gasteiger partial charge >= 0.3 is 5.97 Å². The van der Waals surface area contributed by atoms with Crippen molar-refractivity contribution in [3.05, 3.63) is 93.0 Å². The molecule has 2 N–H and O–H groups in total. The third kappa shape index (κ3) is 6.35. The van der Waals surface area contributed by atoms with Crippen molar-refractivity contribution in [1.82, 2.24) is 0 Å². The van der Waals surface area contributed by atoms with Crippen LogP contribution in [0.3, 0.4) is 0 Å². The Kier molecular flexibility index (Phi) is 9.27. The number of carbonyl (C=O) groups is 1. The number of benzene rings is 3. The molecule has 0 saturated heterocycles. The molecule has 0 amide bonds. The lowest BCUT2D eigenvalue weighted by atomic mass is 9.83. The van der Waals surface area contributed by atoms with Gasteiger partial charge in [-0.15, -0.1) is 0 Å². The van der Waals surface area contributed by atoms with Gasteiger partial charge in [0.25, 0.3) is 0 Å². The number of carbonyl (C=O) groups excluding carboxylic acids is 1. The summed E-state index contributed by atoms with van der Waals surface area (Å²) in [5, 5.41) is 10.8. The van der Waals surface area contributed by atoms with Gasteiger partial charge in [0.1, 0.15) is 28.7 Å². The molecule has 8 nitrogen and oxygen atoms in total. The van der Waals surface area contributed by atoms with Gasteiger partial charge in [0.15, 0.2) is 11.5 Å². The molecule has 9 heteroatoms. The zero-order chi connectivity index (χ0) is 30.5. The van der Waals surface area contributed by atoms with Gasteiger partial charge < -0.3 is 29.1 Å². The number of nitrogens with zero attached hydrogens (tertiary/aromatic N) is 1. The summed E-state index contributed by atoms with van der Waals surface area (Å²) in [5.41, 5.74) is 9.24. The first-order chi connectivity index (χ1) is 20.8. The van der Waals surface area contributed by atoms with E-state index in [1.54, 1.807) is 31.4 Å². The van der Waals surface area contributed by atoms with E-state index in [-0.39, 0.29) is 23.0 Å². The Morgan fingerprint density at radius 3 is 2.63 bits per heavy atom. The third-order valence-corrected chi connectivity index (χ3v) is 8.00. The standard InChI is InChI=1S/C34H33BrN2O6/c1-4-5-6-7-8-15-40-28-13-9-21(16-30(28)39-3)31-24-12-11-23(18-29(24)43-33(37)26(31)19-36)41-34(38)32-20(2)25-17-22(35)10-14-27(25)42-32/h9-14,16-18,31H,4-8,15,37H2,1-3H3. The molecule has 1 atom stereocenters. The van der Waals surface area contributed by atoms with E-state index >= 15 is 0 Å². The molecule has 2 heterocycles. The Morgan fingerprint density at radius 1 is 1.05 bits per heavy atom. The van der Waals surface area contributed by atoms with Crippen LogP contribution in [0.25, 0.3) is 11.0 Å². The van der Waals surface area contributed by atoms with Crippen molar-refractivity contribution in [3.8, 4) is 29.1 Å². The number of fused-ring (bicyclic) bond motifs is 2. The Labute approximate surface area is 259 Å². The maximum atomic E-state index is 13.1. The van der Waals surface area contributed by atoms with Crippen LogP contribution in [0, 0.1) is 18.3 Å². The molecular formula is C34H33BrN2O6. The van der Waals surface area contributed by atoms with E-state index in [0.717, 1.165) is 28.3 Å². The number of esters is 1. The first-order valence-corrected chi connectivity index (χ1v) is 15.1. The largest absolute Gasteiger partial charge is 0.493 e. The van der Waals surface area contributed by atoms with E-state index in [4.69, 9.17) is 29.1 Å². The number of methoxy groups -OCH3 is 1. The number of allylic oxidation sites excluding steroid dienone is 1. The number of unbranched alkanes of at least 4 members (excludes halogenated alkanes) is 4. The van der Waals surface area contributed by atoms with E-state index in [1.165, 1.54) is 19.3 Å². The van der Waals surface area contributed by atoms with Gasteiger partial charge in [0, 0.05) is 27.1 Å². The highest BCUT2D eigenvalue weighted by Crippen LogP contribution is 2.45. The van der Waals surface area contributed by atoms with E-state index in [2.05, 4.69) is 28.9 Å². The topological polar surface area (TPSA) is 117 Å². The molecule has 222 valence electrons. The lowest BCUT2D eigenvalue weighted by Gasteiger charge is -2.27. The van der Waals surface area contributed by atoms with Crippen LogP contribution in [0.15, 0.2) is 74.9 Å². The molecule has 4 aromatic rings. The molecule has 1 aliphatic rings. The van der Waals surface area contributed by atoms with Crippen molar-refractivity contribution in [2.24, 2.45) is 5.73 Å². The average Bonchev–Trinajstić information content (AvgIpc) is 3.33. The van der Waals surface area contributed by atoms with Crippen molar-refractivity contribution in [1.29, 1.82) is 5.26 Å². The molecule has 0 fully saturated rings. The number of nitrogens with two attached hydrogens (primary N) is 1. The SMILES string of the molecule is CCCCCCCOc1ccc(C2C(C#N)=C(N)Oc3cc(OC(=O)c4oc5ccc(Br)cc5c4C)ccc32)cc1OC. The quantitative estimate of drug-likeness (QED) is 0.0984. The van der Waals surface area contributed by atoms with Crippen LogP contribution in [0.4, 0.5) is 0 Å². The lowest BCUT2D eigenvalue weighted by molar-refractivity contribution is 0.0702. The van der Waals surface area contributed by atoms with Gasteiger partial charge in [0.2, 0.25) is 11.6 Å². The molecule has 43 heavy (non-hydrogen) atoms. The smallest absolute Gasteiger partial charge is 0.379 e. The van der Waals surface area contributed by atoms with Crippen LogP contribution in [0.2, 0.25) is 0 Å². The van der Waals surface area contributed by atoms with E-state index in [1.807, 2.05) is 37.3 Å². The fourth-order valence-electron chi connectivity index (χ4n) is 5.25. The van der Waals surface area contributed by atoms with Crippen molar-refractivity contribution in [3.63, 3.8) is 0 Å². The Bertz CT molecular complexity index is 1730.